The molecule has 17 heavy (non-hydrogen) atoms. The van der Waals surface area contributed by atoms with Crippen molar-refractivity contribution in [2.75, 3.05) is 0 Å². The molecule has 0 saturated heterocycles. The maximum Gasteiger partial charge on any atom is 0.387 e. The van der Waals surface area contributed by atoms with Crippen molar-refractivity contribution in [1.29, 1.82) is 0 Å². The Morgan fingerprint density at radius 3 is 2.24 bits per heavy atom. The van der Waals surface area contributed by atoms with Crippen LogP contribution >= 0.6 is 0 Å². The molecule has 0 aliphatic heterocycles. The summed E-state index contributed by atoms with van der Waals surface area (Å²) in [5.74, 6) is -1.44. The van der Waals surface area contributed by atoms with E-state index in [4.69, 9.17) is 10.8 Å². The monoisotopic (exact) mass is 247 g/mol. The van der Waals surface area contributed by atoms with Gasteiger partial charge < -0.3 is 20.7 Å². The number of alkyl halides is 2. The molecule has 1 rings (SSSR count). The highest BCUT2D eigenvalue weighted by Crippen LogP contribution is 2.20. The number of carboxylic acids is 1. The number of aliphatic hydroxyl groups excluding tert-OH is 1. The van der Waals surface area contributed by atoms with Gasteiger partial charge in [0.25, 0.3) is 0 Å². The van der Waals surface area contributed by atoms with Gasteiger partial charge >= 0.3 is 12.6 Å². The van der Waals surface area contributed by atoms with Crippen molar-refractivity contribution in [3.05, 3.63) is 29.8 Å². The van der Waals surface area contributed by atoms with E-state index in [1.54, 1.807) is 0 Å². The first-order valence-electron chi connectivity index (χ1n) is 4.63. The normalized spacial score (nSPS) is 14.4. The number of aliphatic hydroxyl groups is 1. The Morgan fingerprint density at radius 1 is 1.29 bits per heavy atom. The van der Waals surface area contributed by atoms with E-state index in [-0.39, 0.29) is 11.3 Å². The molecule has 4 N–H and O–H groups in total. The Balaban J connectivity index is 2.76. The highest BCUT2D eigenvalue weighted by molar-refractivity contribution is 5.74. The van der Waals surface area contributed by atoms with Crippen LogP contribution in [-0.2, 0) is 4.79 Å². The third-order valence-electron chi connectivity index (χ3n) is 2.07. The van der Waals surface area contributed by atoms with Crippen LogP contribution in [0.15, 0.2) is 24.3 Å². The molecule has 5 nitrogen and oxygen atoms in total. The highest BCUT2D eigenvalue weighted by atomic mass is 19.3. The summed E-state index contributed by atoms with van der Waals surface area (Å²) >= 11 is 0. The number of hydrogen-bond acceptors (Lipinski definition) is 4. The quantitative estimate of drug-likeness (QED) is 0.713. The van der Waals surface area contributed by atoms with Crippen LogP contribution in [-0.4, -0.2) is 28.8 Å². The van der Waals surface area contributed by atoms with Crippen molar-refractivity contribution in [3.63, 3.8) is 0 Å². The molecule has 0 unspecified atom stereocenters. The van der Waals surface area contributed by atoms with Gasteiger partial charge in [0, 0.05) is 0 Å². The molecule has 0 amide bonds. The fourth-order valence-electron chi connectivity index (χ4n) is 1.19. The maximum absolute atomic E-state index is 11.8. The second-order valence-corrected chi connectivity index (χ2v) is 3.26. The Kier molecular flexibility index (Phi) is 4.36. The van der Waals surface area contributed by atoms with E-state index in [0.717, 1.165) is 0 Å². The van der Waals surface area contributed by atoms with Crippen LogP contribution in [0.25, 0.3) is 0 Å². The largest absolute Gasteiger partial charge is 0.480 e. The van der Waals surface area contributed by atoms with Crippen molar-refractivity contribution in [1.82, 2.24) is 0 Å². The van der Waals surface area contributed by atoms with Crippen LogP contribution < -0.4 is 10.5 Å². The van der Waals surface area contributed by atoms with Crippen LogP contribution in [0.1, 0.15) is 11.7 Å². The summed E-state index contributed by atoms with van der Waals surface area (Å²) in [6.07, 6.45) is -1.41. The lowest BCUT2D eigenvalue weighted by Crippen LogP contribution is -2.36. The summed E-state index contributed by atoms with van der Waals surface area (Å²) in [6.45, 7) is -2.94. The predicted molar refractivity (Wildman–Crippen MR) is 53.6 cm³/mol. The Bertz CT molecular complexity index is 382. The van der Waals surface area contributed by atoms with Crippen LogP contribution in [0.2, 0.25) is 0 Å². The SMILES string of the molecule is N[C@@H](C(=O)O)[C@@H](O)c1ccc(OC(F)F)cc1. The van der Waals surface area contributed by atoms with Crippen molar-refractivity contribution in [2.45, 2.75) is 18.8 Å². The zero-order chi connectivity index (χ0) is 13.0. The van der Waals surface area contributed by atoms with Gasteiger partial charge in [0.1, 0.15) is 17.9 Å². The molecule has 0 bridgehead atoms. The molecule has 0 aliphatic carbocycles. The van der Waals surface area contributed by atoms with E-state index < -0.39 is 24.7 Å². The molecule has 1 aromatic rings. The molecule has 0 radical (unpaired) electrons. The topological polar surface area (TPSA) is 92.8 Å². The summed E-state index contributed by atoms with van der Waals surface area (Å²) in [7, 11) is 0. The summed E-state index contributed by atoms with van der Waals surface area (Å²) in [5, 5.41) is 18.1. The predicted octanol–water partition coefficient (Wildman–Crippen LogP) is 0.733. The molecule has 94 valence electrons. The smallest absolute Gasteiger partial charge is 0.387 e. The summed E-state index contributed by atoms with van der Waals surface area (Å²) in [4.78, 5) is 10.5. The molecule has 0 saturated carbocycles. The van der Waals surface area contributed by atoms with Gasteiger partial charge in [-0.25, -0.2) is 0 Å². The van der Waals surface area contributed by atoms with Gasteiger partial charge in [-0.1, -0.05) is 12.1 Å². The first-order chi connectivity index (χ1) is 7.91. The zero-order valence-corrected chi connectivity index (χ0v) is 8.59. The van der Waals surface area contributed by atoms with Gasteiger partial charge in [0.05, 0.1) is 0 Å². The van der Waals surface area contributed by atoms with Gasteiger partial charge in [0.2, 0.25) is 0 Å². The van der Waals surface area contributed by atoms with Gasteiger partial charge in [-0.15, -0.1) is 0 Å². The highest BCUT2D eigenvalue weighted by Gasteiger charge is 2.23. The number of rotatable bonds is 5. The third-order valence-corrected chi connectivity index (χ3v) is 2.07. The molecule has 0 spiro atoms. The fraction of sp³-hybridized carbons (Fsp3) is 0.300. The number of benzene rings is 1. The van der Waals surface area contributed by atoms with Crippen molar-refractivity contribution >= 4 is 5.97 Å². The second-order valence-electron chi connectivity index (χ2n) is 3.26. The minimum Gasteiger partial charge on any atom is -0.480 e. The van der Waals surface area contributed by atoms with Gasteiger partial charge in [0.15, 0.2) is 0 Å². The van der Waals surface area contributed by atoms with E-state index in [9.17, 15) is 18.7 Å². The lowest BCUT2D eigenvalue weighted by Gasteiger charge is -2.15. The summed E-state index contributed by atoms with van der Waals surface area (Å²) in [5.41, 5.74) is 5.42. The molecule has 0 aromatic heterocycles. The van der Waals surface area contributed by atoms with E-state index in [0.29, 0.717) is 0 Å². The van der Waals surface area contributed by atoms with Crippen molar-refractivity contribution in [2.24, 2.45) is 5.73 Å². The van der Waals surface area contributed by atoms with Crippen LogP contribution in [0, 0.1) is 0 Å². The number of carboxylic acid groups (broad SMARTS) is 1. The molecule has 7 heteroatoms. The van der Waals surface area contributed by atoms with E-state index in [1.807, 2.05) is 0 Å². The number of aliphatic carboxylic acids is 1. The van der Waals surface area contributed by atoms with E-state index >= 15 is 0 Å². The molecule has 0 fully saturated rings. The molecular weight excluding hydrogens is 236 g/mol. The standard InChI is InChI=1S/C10H11F2NO4/c11-10(12)17-6-3-1-5(2-4-6)8(14)7(13)9(15)16/h1-4,7-8,10,14H,13H2,(H,15,16)/t7-,8+/m1/s1. The lowest BCUT2D eigenvalue weighted by molar-refractivity contribution is -0.141. The average molecular weight is 247 g/mol. The summed E-state index contributed by atoms with van der Waals surface area (Å²) < 4.78 is 27.8. The molecule has 0 heterocycles. The number of hydrogen-bond donors (Lipinski definition) is 3. The first-order valence-corrected chi connectivity index (χ1v) is 4.63. The number of ether oxygens (including phenoxy) is 1. The van der Waals surface area contributed by atoms with Crippen molar-refractivity contribution in [3.8, 4) is 5.75 Å². The average Bonchev–Trinajstić information content (AvgIpc) is 2.27. The molecule has 1 aromatic carbocycles. The molecular formula is C10H11F2NO4. The minimum atomic E-state index is -2.94. The van der Waals surface area contributed by atoms with E-state index in [1.165, 1.54) is 24.3 Å². The van der Waals surface area contributed by atoms with Crippen LogP contribution in [0.5, 0.6) is 5.75 Å². The summed E-state index contributed by atoms with van der Waals surface area (Å²) in [6, 6.07) is 3.45. The Hall–Kier alpha value is -1.73. The first kappa shape index (κ1) is 13.3. The van der Waals surface area contributed by atoms with Gasteiger partial charge in [-0.05, 0) is 17.7 Å². The molecule has 2 atom stereocenters. The Morgan fingerprint density at radius 2 is 1.82 bits per heavy atom. The number of carbonyl (C=O) groups is 1. The maximum atomic E-state index is 11.8. The van der Waals surface area contributed by atoms with Gasteiger partial charge in [-0.2, -0.15) is 8.78 Å². The van der Waals surface area contributed by atoms with Gasteiger partial charge in [-0.3, -0.25) is 4.79 Å². The minimum absolute atomic E-state index is 0.0835. The van der Waals surface area contributed by atoms with Crippen LogP contribution in [0.4, 0.5) is 8.78 Å². The number of halogens is 2. The third kappa shape index (κ3) is 3.65. The fourth-order valence-corrected chi connectivity index (χ4v) is 1.19. The lowest BCUT2D eigenvalue weighted by atomic mass is 10.0. The van der Waals surface area contributed by atoms with E-state index in [2.05, 4.69) is 4.74 Å². The number of nitrogens with two attached hydrogens (primary N) is 1. The Labute approximate surface area is 95.4 Å². The molecule has 0 aliphatic rings. The second kappa shape index (κ2) is 5.55. The van der Waals surface area contributed by atoms with Crippen LogP contribution in [0.3, 0.4) is 0 Å². The van der Waals surface area contributed by atoms with Crippen molar-refractivity contribution < 1.29 is 28.5 Å². The zero-order valence-electron chi connectivity index (χ0n) is 8.59.